The Balaban J connectivity index is 2.40. The molecule has 0 bridgehead atoms. The molecule has 4 heteroatoms. The van der Waals surface area contributed by atoms with E-state index in [0.717, 1.165) is 27.8 Å². The van der Waals surface area contributed by atoms with Crippen molar-refractivity contribution < 1.29 is 0 Å². The monoisotopic (exact) mass is 321 g/mol. The Morgan fingerprint density at radius 3 is 2.42 bits per heavy atom. The minimum atomic E-state index is 0.444. The second-order valence-electron chi connectivity index (χ2n) is 4.87. The van der Waals surface area contributed by atoms with Gasteiger partial charge in [-0.2, -0.15) is 5.10 Å². The fraction of sp³-hybridized carbons (Fsp3) is 0.400. The summed E-state index contributed by atoms with van der Waals surface area (Å²) in [7, 11) is 1.95. The molecule has 0 aliphatic carbocycles. The first-order chi connectivity index (χ1) is 9.08. The van der Waals surface area contributed by atoms with Gasteiger partial charge in [0.25, 0.3) is 0 Å². The molecule has 0 fully saturated rings. The first-order valence-electron chi connectivity index (χ1n) is 6.60. The Kier molecular flexibility index (Phi) is 4.42. The lowest BCUT2D eigenvalue weighted by atomic mass is 9.97. The van der Waals surface area contributed by atoms with E-state index in [2.05, 4.69) is 59.1 Å². The maximum Gasteiger partial charge on any atom is 0.0908 e. The van der Waals surface area contributed by atoms with E-state index in [1.54, 1.807) is 0 Å². The number of hydrogen-bond donors (Lipinski definition) is 1. The van der Waals surface area contributed by atoms with Gasteiger partial charge in [0.1, 0.15) is 0 Å². The number of nitrogens with two attached hydrogens (primary N) is 1. The standard InChI is InChI=1S/C15H20BrN3/c1-4-10(2)11-5-7-12(8-6-11)15-14(16)13(9-17)18-19(15)3/h5-8,10H,4,9,17H2,1-3H3. The van der Waals surface area contributed by atoms with Gasteiger partial charge in [0.05, 0.1) is 15.9 Å². The molecule has 2 aromatic rings. The summed E-state index contributed by atoms with van der Waals surface area (Å²) in [5.41, 5.74) is 10.2. The molecular weight excluding hydrogens is 302 g/mol. The smallest absolute Gasteiger partial charge is 0.0908 e. The van der Waals surface area contributed by atoms with Crippen LogP contribution >= 0.6 is 15.9 Å². The van der Waals surface area contributed by atoms with Crippen LogP contribution in [0.25, 0.3) is 11.3 Å². The van der Waals surface area contributed by atoms with Gasteiger partial charge in [0.15, 0.2) is 0 Å². The van der Waals surface area contributed by atoms with Crippen molar-refractivity contribution in [2.75, 3.05) is 0 Å². The van der Waals surface area contributed by atoms with Gasteiger partial charge in [-0.25, -0.2) is 0 Å². The SMILES string of the molecule is CCC(C)c1ccc(-c2c(Br)c(CN)nn2C)cc1. The fourth-order valence-corrected chi connectivity index (χ4v) is 2.93. The van der Waals surface area contributed by atoms with Crippen LogP contribution in [-0.4, -0.2) is 9.78 Å². The normalized spacial score (nSPS) is 12.7. The Bertz CT molecular complexity index is 558. The molecule has 1 aromatic carbocycles. The highest BCUT2D eigenvalue weighted by molar-refractivity contribution is 9.10. The molecule has 1 aromatic heterocycles. The molecule has 1 heterocycles. The molecule has 1 unspecified atom stereocenters. The molecule has 2 rings (SSSR count). The number of aromatic nitrogens is 2. The van der Waals surface area contributed by atoms with E-state index in [9.17, 15) is 0 Å². The van der Waals surface area contributed by atoms with E-state index < -0.39 is 0 Å². The molecule has 2 N–H and O–H groups in total. The molecule has 0 radical (unpaired) electrons. The molecule has 0 amide bonds. The van der Waals surface area contributed by atoms with Gasteiger partial charge < -0.3 is 5.73 Å². The lowest BCUT2D eigenvalue weighted by molar-refractivity contribution is 0.733. The van der Waals surface area contributed by atoms with Crippen molar-refractivity contribution >= 4 is 15.9 Å². The highest BCUT2D eigenvalue weighted by atomic mass is 79.9. The van der Waals surface area contributed by atoms with Gasteiger partial charge in [-0.05, 0) is 33.8 Å². The number of hydrogen-bond acceptors (Lipinski definition) is 2. The van der Waals surface area contributed by atoms with Gasteiger partial charge in [-0.3, -0.25) is 4.68 Å². The molecule has 1 atom stereocenters. The van der Waals surface area contributed by atoms with Crippen LogP contribution < -0.4 is 5.73 Å². The summed E-state index contributed by atoms with van der Waals surface area (Å²) in [6.45, 7) is 4.91. The average Bonchev–Trinajstić information content (AvgIpc) is 2.72. The number of halogens is 1. The largest absolute Gasteiger partial charge is 0.325 e. The third-order valence-corrected chi connectivity index (χ3v) is 4.45. The second-order valence-corrected chi connectivity index (χ2v) is 5.66. The van der Waals surface area contributed by atoms with Crippen LogP contribution in [0, 0.1) is 0 Å². The van der Waals surface area contributed by atoms with Crippen LogP contribution in [0.2, 0.25) is 0 Å². The van der Waals surface area contributed by atoms with Crippen molar-refractivity contribution in [3.8, 4) is 11.3 Å². The van der Waals surface area contributed by atoms with Crippen molar-refractivity contribution in [1.82, 2.24) is 9.78 Å². The van der Waals surface area contributed by atoms with E-state index in [-0.39, 0.29) is 0 Å². The van der Waals surface area contributed by atoms with E-state index in [0.29, 0.717) is 12.5 Å². The highest BCUT2D eigenvalue weighted by Crippen LogP contribution is 2.31. The van der Waals surface area contributed by atoms with Gasteiger partial charge in [-0.15, -0.1) is 0 Å². The Morgan fingerprint density at radius 2 is 1.95 bits per heavy atom. The molecule has 19 heavy (non-hydrogen) atoms. The number of nitrogens with zero attached hydrogens (tertiary/aromatic N) is 2. The third-order valence-electron chi connectivity index (χ3n) is 3.61. The predicted octanol–water partition coefficient (Wildman–Crippen LogP) is 3.82. The van der Waals surface area contributed by atoms with Gasteiger partial charge >= 0.3 is 0 Å². The molecule has 102 valence electrons. The van der Waals surface area contributed by atoms with Crippen LogP contribution in [0.5, 0.6) is 0 Å². The van der Waals surface area contributed by atoms with E-state index in [1.807, 2.05) is 11.7 Å². The zero-order chi connectivity index (χ0) is 14.0. The molecule has 0 aliphatic heterocycles. The lowest BCUT2D eigenvalue weighted by Gasteiger charge is -2.10. The molecule has 0 saturated heterocycles. The van der Waals surface area contributed by atoms with Crippen molar-refractivity contribution in [3.63, 3.8) is 0 Å². The quantitative estimate of drug-likeness (QED) is 0.930. The average molecular weight is 322 g/mol. The van der Waals surface area contributed by atoms with Gasteiger partial charge in [-0.1, -0.05) is 38.1 Å². The molecular formula is C15H20BrN3. The topological polar surface area (TPSA) is 43.8 Å². The molecule has 0 spiro atoms. The first-order valence-corrected chi connectivity index (χ1v) is 7.39. The minimum absolute atomic E-state index is 0.444. The van der Waals surface area contributed by atoms with Crippen molar-refractivity contribution in [2.45, 2.75) is 32.7 Å². The van der Waals surface area contributed by atoms with Crippen LogP contribution in [0.3, 0.4) is 0 Å². The maximum absolute atomic E-state index is 5.69. The van der Waals surface area contributed by atoms with Crippen molar-refractivity contribution in [2.24, 2.45) is 12.8 Å². The zero-order valence-electron chi connectivity index (χ0n) is 11.7. The van der Waals surface area contributed by atoms with E-state index >= 15 is 0 Å². The fourth-order valence-electron chi connectivity index (χ4n) is 2.20. The van der Waals surface area contributed by atoms with Gasteiger partial charge in [0.2, 0.25) is 0 Å². The maximum atomic E-state index is 5.69. The lowest BCUT2D eigenvalue weighted by Crippen LogP contribution is -1.99. The van der Waals surface area contributed by atoms with Crippen molar-refractivity contribution in [3.05, 3.63) is 40.0 Å². The summed E-state index contributed by atoms with van der Waals surface area (Å²) < 4.78 is 2.87. The first kappa shape index (κ1) is 14.3. The summed E-state index contributed by atoms with van der Waals surface area (Å²) in [6.07, 6.45) is 1.16. The second kappa shape index (κ2) is 5.88. The van der Waals surface area contributed by atoms with Crippen LogP contribution in [-0.2, 0) is 13.6 Å². The summed E-state index contributed by atoms with van der Waals surface area (Å²) in [5.74, 6) is 0.601. The highest BCUT2D eigenvalue weighted by Gasteiger charge is 2.14. The number of rotatable bonds is 4. The van der Waals surface area contributed by atoms with Crippen molar-refractivity contribution in [1.29, 1.82) is 0 Å². The Morgan fingerprint density at radius 1 is 1.32 bits per heavy atom. The molecule has 3 nitrogen and oxygen atoms in total. The number of aryl methyl sites for hydroxylation is 1. The summed E-state index contributed by atoms with van der Waals surface area (Å²) in [4.78, 5) is 0. The summed E-state index contributed by atoms with van der Waals surface area (Å²) in [5, 5.41) is 4.42. The van der Waals surface area contributed by atoms with Crippen LogP contribution in [0.4, 0.5) is 0 Å². The Hall–Kier alpha value is -1.13. The van der Waals surface area contributed by atoms with E-state index in [4.69, 9.17) is 5.73 Å². The third kappa shape index (κ3) is 2.74. The molecule has 0 aliphatic rings. The summed E-state index contributed by atoms with van der Waals surface area (Å²) >= 11 is 3.60. The summed E-state index contributed by atoms with van der Waals surface area (Å²) in [6, 6.07) is 8.71. The number of benzene rings is 1. The van der Waals surface area contributed by atoms with Crippen LogP contribution in [0.1, 0.15) is 37.4 Å². The minimum Gasteiger partial charge on any atom is -0.325 e. The molecule has 0 saturated carbocycles. The van der Waals surface area contributed by atoms with Crippen LogP contribution in [0.15, 0.2) is 28.7 Å². The zero-order valence-corrected chi connectivity index (χ0v) is 13.2. The van der Waals surface area contributed by atoms with E-state index in [1.165, 1.54) is 5.56 Å². The Labute approximate surface area is 122 Å². The van der Waals surface area contributed by atoms with Gasteiger partial charge in [0, 0.05) is 19.2 Å². The predicted molar refractivity (Wildman–Crippen MR) is 82.9 cm³/mol.